The summed E-state index contributed by atoms with van der Waals surface area (Å²) in [4.78, 5) is 12.7. The van der Waals surface area contributed by atoms with Crippen LogP contribution < -0.4 is 0 Å². The van der Waals surface area contributed by atoms with E-state index >= 15 is 0 Å². The van der Waals surface area contributed by atoms with Crippen molar-refractivity contribution in [1.29, 1.82) is 0 Å². The molecule has 3 rings (SSSR count). The number of halogens is 3. The van der Waals surface area contributed by atoms with Gasteiger partial charge in [0.1, 0.15) is 6.61 Å². The van der Waals surface area contributed by atoms with Crippen LogP contribution in [0.15, 0.2) is 30.3 Å². The molecule has 25 heavy (non-hydrogen) atoms. The lowest BCUT2D eigenvalue weighted by Gasteiger charge is -2.24. The molecular weight excluding hydrogens is 423 g/mol. The molecule has 2 nitrogen and oxygen atoms in total. The molecule has 0 atom stereocenters. The lowest BCUT2D eigenvalue weighted by molar-refractivity contribution is 0.0473. The minimum atomic E-state index is -0.456. The Hall–Kier alpha value is -1.03. The van der Waals surface area contributed by atoms with Crippen LogP contribution >= 0.6 is 39.1 Å². The van der Waals surface area contributed by atoms with Crippen LogP contribution in [0.4, 0.5) is 0 Å². The summed E-state index contributed by atoms with van der Waals surface area (Å²) in [6.07, 6.45) is 4.85. The Morgan fingerprint density at radius 1 is 1.04 bits per heavy atom. The minimum absolute atomic E-state index is 0.206. The molecule has 0 radical (unpaired) electrons. The van der Waals surface area contributed by atoms with Crippen molar-refractivity contribution < 1.29 is 9.53 Å². The van der Waals surface area contributed by atoms with Crippen molar-refractivity contribution in [3.8, 4) is 0 Å². The van der Waals surface area contributed by atoms with Crippen LogP contribution in [-0.4, -0.2) is 11.3 Å². The highest BCUT2D eigenvalue weighted by Gasteiger charge is 2.27. The van der Waals surface area contributed by atoms with Gasteiger partial charge >= 0.3 is 5.97 Å². The van der Waals surface area contributed by atoms with E-state index in [1.54, 1.807) is 0 Å². The predicted molar refractivity (Wildman–Crippen MR) is 106 cm³/mol. The lowest BCUT2D eigenvalue weighted by atomic mass is 9.85. The van der Waals surface area contributed by atoms with E-state index in [4.69, 9.17) is 27.9 Å². The van der Waals surface area contributed by atoms with Gasteiger partial charge in [-0.3, -0.25) is 0 Å². The molecule has 0 fully saturated rings. The van der Waals surface area contributed by atoms with Gasteiger partial charge in [0.15, 0.2) is 0 Å². The molecule has 0 amide bonds. The predicted octanol–water partition coefficient (Wildman–Crippen LogP) is 6.17. The third kappa shape index (κ3) is 4.05. The fourth-order valence-electron chi connectivity index (χ4n) is 3.34. The van der Waals surface area contributed by atoms with Crippen molar-refractivity contribution >= 4 is 45.1 Å². The number of carbonyl (C=O) groups excluding carboxylic acids is 1. The van der Waals surface area contributed by atoms with Crippen LogP contribution in [0.2, 0.25) is 10.0 Å². The van der Waals surface area contributed by atoms with Crippen LogP contribution in [0, 0.1) is 0 Å². The maximum absolute atomic E-state index is 12.7. The van der Waals surface area contributed by atoms with Crippen molar-refractivity contribution in [2.24, 2.45) is 0 Å². The van der Waals surface area contributed by atoms with Crippen LogP contribution in [-0.2, 0) is 30.6 Å². The zero-order valence-electron chi connectivity index (χ0n) is 13.8. The van der Waals surface area contributed by atoms with Crippen molar-refractivity contribution in [1.82, 2.24) is 0 Å². The van der Waals surface area contributed by atoms with Crippen molar-refractivity contribution in [2.75, 3.05) is 5.33 Å². The van der Waals surface area contributed by atoms with E-state index in [9.17, 15) is 4.79 Å². The average Bonchev–Trinajstić information content (AvgIpc) is 2.64. The molecule has 0 spiro atoms. The molecule has 0 N–H and O–H groups in total. The summed E-state index contributed by atoms with van der Waals surface area (Å²) >= 11 is 16.7. The Bertz CT molecular complexity index is 775. The number of alkyl halides is 1. The van der Waals surface area contributed by atoms with Crippen LogP contribution in [0.5, 0.6) is 0 Å². The smallest absolute Gasteiger partial charge is 0.341 e. The summed E-state index contributed by atoms with van der Waals surface area (Å²) in [7, 11) is 0. The van der Waals surface area contributed by atoms with Gasteiger partial charge in [0.05, 0.1) is 15.6 Å². The Morgan fingerprint density at radius 2 is 1.72 bits per heavy atom. The van der Waals surface area contributed by atoms with Gasteiger partial charge in [0.2, 0.25) is 0 Å². The Labute approximate surface area is 166 Å². The Kier molecular flexibility index (Phi) is 6.43. The number of hydrogen-bond donors (Lipinski definition) is 0. The lowest BCUT2D eigenvalue weighted by Crippen LogP contribution is -2.15. The van der Waals surface area contributed by atoms with Crippen molar-refractivity contribution in [2.45, 2.75) is 38.7 Å². The fraction of sp³-hybridized carbons (Fsp3) is 0.350. The van der Waals surface area contributed by atoms with E-state index in [1.165, 1.54) is 5.56 Å². The number of carbonyl (C=O) groups is 1. The Balaban J connectivity index is 1.94. The highest BCUT2D eigenvalue weighted by atomic mass is 79.9. The summed E-state index contributed by atoms with van der Waals surface area (Å²) < 4.78 is 5.48. The third-order valence-corrected chi connectivity index (χ3v) is 5.79. The van der Waals surface area contributed by atoms with E-state index < -0.39 is 5.97 Å². The number of esters is 1. The van der Waals surface area contributed by atoms with Crippen molar-refractivity contribution in [3.05, 3.63) is 68.2 Å². The maximum Gasteiger partial charge on any atom is 0.341 e. The average molecular weight is 442 g/mol. The molecule has 0 aromatic heterocycles. The first-order valence-electron chi connectivity index (χ1n) is 8.42. The van der Waals surface area contributed by atoms with Crippen LogP contribution in [0.3, 0.4) is 0 Å². The van der Waals surface area contributed by atoms with E-state index in [2.05, 4.69) is 15.9 Å². The van der Waals surface area contributed by atoms with Gasteiger partial charge in [-0.25, -0.2) is 4.79 Å². The standard InChI is InChI=1S/C20H19BrCl2O2/c21-11-10-16-14-8-4-5-9-15(14)18(22)17(19(16)23)20(24)25-12-13-6-2-1-3-7-13/h1-3,6-7H,4-5,8-12H2. The maximum atomic E-state index is 12.7. The Morgan fingerprint density at radius 3 is 2.40 bits per heavy atom. The quantitative estimate of drug-likeness (QED) is 0.409. The number of rotatable bonds is 5. The van der Waals surface area contributed by atoms with Gasteiger partial charge in [0.25, 0.3) is 0 Å². The topological polar surface area (TPSA) is 26.3 Å². The number of ether oxygens (including phenoxy) is 1. The zero-order valence-corrected chi connectivity index (χ0v) is 16.9. The second kappa shape index (κ2) is 8.57. The van der Waals surface area contributed by atoms with Gasteiger partial charge in [-0.1, -0.05) is 69.5 Å². The van der Waals surface area contributed by atoms with E-state index in [-0.39, 0.29) is 6.61 Å². The largest absolute Gasteiger partial charge is 0.457 e. The van der Waals surface area contributed by atoms with E-state index in [0.29, 0.717) is 15.6 Å². The highest BCUT2D eigenvalue weighted by Crippen LogP contribution is 2.40. The molecule has 0 bridgehead atoms. The van der Waals surface area contributed by atoms with Gasteiger partial charge in [-0.2, -0.15) is 0 Å². The molecule has 5 heteroatoms. The van der Waals surface area contributed by atoms with Gasteiger partial charge < -0.3 is 4.74 Å². The molecule has 1 aliphatic carbocycles. The fourth-order valence-corrected chi connectivity index (χ4v) is 4.55. The molecule has 0 aliphatic heterocycles. The molecule has 1 aliphatic rings. The van der Waals surface area contributed by atoms with Gasteiger partial charge in [-0.05, 0) is 54.4 Å². The van der Waals surface area contributed by atoms with Crippen molar-refractivity contribution in [3.63, 3.8) is 0 Å². The molecule has 0 saturated heterocycles. The molecule has 0 heterocycles. The molecule has 2 aromatic carbocycles. The summed E-state index contributed by atoms with van der Waals surface area (Å²) in [5, 5.41) is 1.71. The molecule has 0 unspecified atom stereocenters. The molecule has 132 valence electrons. The van der Waals surface area contributed by atoms with E-state index in [1.807, 2.05) is 30.3 Å². The first-order valence-corrected chi connectivity index (χ1v) is 10.3. The van der Waals surface area contributed by atoms with Gasteiger partial charge in [0, 0.05) is 5.33 Å². The van der Waals surface area contributed by atoms with E-state index in [0.717, 1.165) is 54.1 Å². The normalized spacial score (nSPS) is 13.4. The summed E-state index contributed by atoms with van der Waals surface area (Å²) in [5.41, 5.74) is 4.57. The van der Waals surface area contributed by atoms with Crippen LogP contribution in [0.1, 0.15) is 45.5 Å². The molecular formula is C20H19BrCl2O2. The molecule has 0 saturated carbocycles. The summed E-state index contributed by atoms with van der Waals surface area (Å²) in [6.45, 7) is 0.206. The first-order chi connectivity index (χ1) is 12.1. The summed E-state index contributed by atoms with van der Waals surface area (Å²) in [6, 6.07) is 9.58. The third-order valence-electron chi connectivity index (χ3n) is 4.56. The number of hydrogen-bond acceptors (Lipinski definition) is 2. The summed E-state index contributed by atoms with van der Waals surface area (Å²) in [5.74, 6) is -0.456. The zero-order chi connectivity index (χ0) is 17.8. The SMILES string of the molecule is O=C(OCc1ccccc1)c1c(Cl)c(CCBr)c2c(c1Cl)CCCC2. The number of fused-ring (bicyclic) bond motifs is 1. The minimum Gasteiger partial charge on any atom is -0.457 e. The second-order valence-corrected chi connectivity index (χ2v) is 7.70. The molecule has 2 aromatic rings. The number of benzene rings is 2. The van der Waals surface area contributed by atoms with Gasteiger partial charge in [-0.15, -0.1) is 0 Å². The monoisotopic (exact) mass is 440 g/mol. The highest BCUT2D eigenvalue weighted by molar-refractivity contribution is 9.09. The van der Waals surface area contributed by atoms with Crippen LogP contribution in [0.25, 0.3) is 0 Å². The first kappa shape index (κ1) is 18.8. The second-order valence-electron chi connectivity index (χ2n) is 6.15.